The summed E-state index contributed by atoms with van der Waals surface area (Å²) in [4.78, 5) is 12.5. The first-order valence-corrected chi connectivity index (χ1v) is 9.02. The molecule has 0 spiro atoms. The van der Waals surface area contributed by atoms with Gasteiger partial charge < -0.3 is 14.8 Å². The van der Waals surface area contributed by atoms with Crippen LogP contribution in [0.5, 0.6) is 11.5 Å². The fraction of sp³-hybridized carbons (Fsp3) is 0.409. The molecule has 3 rings (SSSR count). The van der Waals surface area contributed by atoms with Gasteiger partial charge in [-0.3, -0.25) is 4.79 Å². The average molecular weight is 353 g/mol. The van der Waals surface area contributed by atoms with Gasteiger partial charge in [-0.1, -0.05) is 18.2 Å². The maximum atomic E-state index is 12.5. The minimum atomic E-state index is -0.326. The summed E-state index contributed by atoms with van der Waals surface area (Å²) in [6.45, 7) is 10.2. The van der Waals surface area contributed by atoms with Crippen LogP contribution in [0.2, 0.25) is 0 Å². The molecule has 0 bridgehead atoms. The topological polar surface area (TPSA) is 47.6 Å². The SMILES string of the molecule is Cc1cc(C)cc(OCC(=O)N[C@H]2CC(C)(C)Oc3cc(C)ccc32)c1. The fourth-order valence-electron chi connectivity index (χ4n) is 3.49. The first kappa shape index (κ1) is 18.3. The van der Waals surface area contributed by atoms with Crippen molar-refractivity contribution in [2.45, 2.75) is 52.7 Å². The van der Waals surface area contributed by atoms with Gasteiger partial charge in [0, 0.05) is 12.0 Å². The van der Waals surface area contributed by atoms with Crippen LogP contribution in [0.4, 0.5) is 0 Å². The zero-order valence-electron chi connectivity index (χ0n) is 16.2. The summed E-state index contributed by atoms with van der Waals surface area (Å²) in [6.07, 6.45) is 0.721. The van der Waals surface area contributed by atoms with E-state index in [1.54, 1.807) is 0 Å². The molecular weight excluding hydrogens is 326 g/mol. The number of aryl methyl sites for hydroxylation is 3. The third-order valence-corrected chi connectivity index (χ3v) is 4.53. The number of carbonyl (C=O) groups is 1. The van der Waals surface area contributed by atoms with E-state index in [1.807, 2.05) is 65.0 Å². The van der Waals surface area contributed by atoms with Gasteiger partial charge in [0.2, 0.25) is 0 Å². The molecule has 1 N–H and O–H groups in total. The van der Waals surface area contributed by atoms with Gasteiger partial charge in [-0.25, -0.2) is 0 Å². The first-order chi connectivity index (χ1) is 12.2. The molecule has 26 heavy (non-hydrogen) atoms. The highest BCUT2D eigenvalue weighted by Crippen LogP contribution is 2.39. The summed E-state index contributed by atoms with van der Waals surface area (Å²) in [6, 6.07) is 12.0. The molecule has 1 aliphatic heterocycles. The number of amides is 1. The van der Waals surface area contributed by atoms with E-state index in [1.165, 1.54) is 0 Å². The van der Waals surface area contributed by atoms with Crippen LogP contribution in [0.3, 0.4) is 0 Å². The highest BCUT2D eigenvalue weighted by atomic mass is 16.5. The third-order valence-electron chi connectivity index (χ3n) is 4.53. The highest BCUT2D eigenvalue weighted by Gasteiger charge is 2.34. The summed E-state index contributed by atoms with van der Waals surface area (Å²) in [7, 11) is 0. The average Bonchev–Trinajstić information content (AvgIpc) is 2.50. The molecule has 0 unspecified atom stereocenters. The van der Waals surface area contributed by atoms with Crippen LogP contribution in [0.25, 0.3) is 0 Å². The minimum Gasteiger partial charge on any atom is -0.487 e. The smallest absolute Gasteiger partial charge is 0.258 e. The Hall–Kier alpha value is -2.49. The van der Waals surface area contributed by atoms with Crippen LogP contribution in [0.15, 0.2) is 36.4 Å². The summed E-state index contributed by atoms with van der Waals surface area (Å²) < 4.78 is 11.8. The van der Waals surface area contributed by atoms with E-state index in [-0.39, 0.29) is 24.2 Å². The van der Waals surface area contributed by atoms with Crippen molar-refractivity contribution in [2.75, 3.05) is 6.61 Å². The van der Waals surface area contributed by atoms with Crippen molar-refractivity contribution >= 4 is 5.91 Å². The molecule has 0 aromatic heterocycles. The lowest BCUT2D eigenvalue weighted by molar-refractivity contribution is -0.124. The van der Waals surface area contributed by atoms with E-state index in [4.69, 9.17) is 9.47 Å². The molecule has 0 aliphatic carbocycles. The second-order valence-corrected chi connectivity index (χ2v) is 7.84. The zero-order chi connectivity index (χ0) is 18.9. The van der Waals surface area contributed by atoms with Gasteiger partial charge in [-0.2, -0.15) is 0 Å². The van der Waals surface area contributed by atoms with Crippen LogP contribution in [-0.2, 0) is 4.79 Å². The summed E-state index contributed by atoms with van der Waals surface area (Å²) in [5.41, 5.74) is 4.08. The van der Waals surface area contributed by atoms with E-state index < -0.39 is 0 Å². The van der Waals surface area contributed by atoms with Crippen molar-refractivity contribution in [2.24, 2.45) is 0 Å². The van der Waals surface area contributed by atoms with Gasteiger partial charge in [-0.05, 0) is 69.5 Å². The number of nitrogens with one attached hydrogen (secondary N) is 1. The van der Waals surface area contributed by atoms with E-state index in [0.717, 1.165) is 40.2 Å². The molecule has 1 amide bonds. The van der Waals surface area contributed by atoms with Crippen molar-refractivity contribution in [3.8, 4) is 11.5 Å². The Labute approximate surface area is 155 Å². The second-order valence-electron chi connectivity index (χ2n) is 7.84. The predicted molar refractivity (Wildman–Crippen MR) is 103 cm³/mol. The number of rotatable bonds is 4. The zero-order valence-corrected chi connectivity index (χ0v) is 16.2. The Morgan fingerprint density at radius 2 is 1.81 bits per heavy atom. The van der Waals surface area contributed by atoms with E-state index in [2.05, 4.69) is 11.4 Å². The number of benzene rings is 2. The minimum absolute atomic E-state index is 0.00186. The number of hydrogen-bond acceptors (Lipinski definition) is 3. The van der Waals surface area contributed by atoms with Gasteiger partial charge in [0.1, 0.15) is 17.1 Å². The molecule has 0 saturated carbocycles. The molecular formula is C22H27NO3. The Kier molecular flexibility index (Phi) is 4.94. The molecule has 1 aliphatic rings. The van der Waals surface area contributed by atoms with Crippen LogP contribution in [0.1, 0.15) is 48.6 Å². The number of carbonyl (C=O) groups excluding carboxylic acids is 1. The first-order valence-electron chi connectivity index (χ1n) is 9.02. The van der Waals surface area contributed by atoms with E-state index >= 15 is 0 Å². The normalized spacial score (nSPS) is 17.8. The van der Waals surface area contributed by atoms with Gasteiger partial charge >= 0.3 is 0 Å². The van der Waals surface area contributed by atoms with E-state index in [9.17, 15) is 4.79 Å². The number of fused-ring (bicyclic) bond motifs is 1. The van der Waals surface area contributed by atoms with Crippen LogP contribution in [0, 0.1) is 20.8 Å². The van der Waals surface area contributed by atoms with Gasteiger partial charge in [0.15, 0.2) is 6.61 Å². The molecule has 4 nitrogen and oxygen atoms in total. The van der Waals surface area contributed by atoms with E-state index in [0.29, 0.717) is 0 Å². The lowest BCUT2D eigenvalue weighted by Crippen LogP contribution is -2.42. The maximum absolute atomic E-state index is 12.5. The van der Waals surface area contributed by atoms with Crippen molar-refractivity contribution < 1.29 is 14.3 Å². The van der Waals surface area contributed by atoms with Gasteiger partial charge in [-0.15, -0.1) is 0 Å². The lowest BCUT2D eigenvalue weighted by atomic mass is 9.89. The van der Waals surface area contributed by atoms with Gasteiger partial charge in [0.05, 0.1) is 6.04 Å². The van der Waals surface area contributed by atoms with Crippen molar-refractivity contribution in [3.05, 3.63) is 58.7 Å². The predicted octanol–water partition coefficient (Wildman–Crippen LogP) is 4.41. The molecule has 1 atom stereocenters. The van der Waals surface area contributed by atoms with Crippen molar-refractivity contribution in [1.82, 2.24) is 5.32 Å². The summed E-state index contributed by atoms with van der Waals surface area (Å²) in [5.74, 6) is 1.45. The molecule has 0 fully saturated rings. The Morgan fingerprint density at radius 1 is 1.12 bits per heavy atom. The lowest BCUT2D eigenvalue weighted by Gasteiger charge is -2.38. The summed E-state index contributed by atoms with van der Waals surface area (Å²) >= 11 is 0. The molecule has 4 heteroatoms. The Balaban J connectivity index is 1.69. The molecule has 0 radical (unpaired) electrons. The number of hydrogen-bond donors (Lipinski definition) is 1. The summed E-state index contributed by atoms with van der Waals surface area (Å²) in [5, 5.41) is 3.11. The quantitative estimate of drug-likeness (QED) is 0.886. The van der Waals surface area contributed by atoms with Crippen LogP contribution < -0.4 is 14.8 Å². The standard InChI is InChI=1S/C22H27NO3/c1-14-6-7-18-19(12-22(4,5)26-20(18)11-14)23-21(24)13-25-17-9-15(2)8-16(3)10-17/h6-11,19H,12-13H2,1-5H3,(H,23,24)/t19-/m0/s1. The Morgan fingerprint density at radius 3 is 2.50 bits per heavy atom. The van der Waals surface area contributed by atoms with Crippen LogP contribution >= 0.6 is 0 Å². The van der Waals surface area contributed by atoms with Crippen molar-refractivity contribution in [1.29, 1.82) is 0 Å². The maximum Gasteiger partial charge on any atom is 0.258 e. The molecule has 0 saturated heterocycles. The molecule has 2 aromatic carbocycles. The molecule has 138 valence electrons. The van der Waals surface area contributed by atoms with Crippen molar-refractivity contribution in [3.63, 3.8) is 0 Å². The monoisotopic (exact) mass is 353 g/mol. The molecule has 1 heterocycles. The Bertz CT molecular complexity index is 806. The second kappa shape index (κ2) is 7.02. The molecule has 2 aromatic rings. The van der Waals surface area contributed by atoms with Gasteiger partial charge in [0.25, 0.3) is 5.91 Å². The largest absolute Gasteiger partial charge is 0.487 e. The third kappa shape index (κ3) is 4.37. The fourth-order valence-corrected chi connectivity index (χ4v) is 3.49. The van der Waals surface area contributed by atoms with Crippen LogP contribution in [-0.4, -0.2) is 18.1 Å². The highest BCUT2D eigenvalue weighted by molar-refractivity contribution is 5.78. The number of ether oxygens (including phenoxy) is 2.